The minimum Gasteiger partial charge on any atom is -0.500 e. The number of phenolic OH excluding ortho intramolecular Hbond substituents is 1. The van der Waals surface area contributed by atoms with Gasteiger partial charge < -0.3 is 14.7 Å². The van der Waals surface area contributed by atoms with E-state index in [2.05, 4.69) is 9.99 Å². The average Bonchev–Trinajstić information content (AvgIpc) is 2.30. The number of rotatable bonds is 4. The molecule has 0 spiro atoms. The van der Waals surface area contributed by atoms with E-state index in [1.807, 2.05) is 0 Å². The Kier molecular flexibility index (Phi) is 4.19. The highest BCUT2D eigenvalue weighted by Gasteiger charge is 2.19. The standard InChI is InChI=1S/C10H10N2O6/c1-6(13)18-11-5-7-3-8(12(15)16)10(14)9(4-7)17-2/h3-5,14H,1-2H3/b11-5-. The summed E-state index contributed by atoms with van der Waals surface area (Å²) < 4.78 is 4.78. The Morgan fingerprint density at radius 2 is 2.22 bits per heavy atom. The lowest BCUT2D eigenvalue weighted by Gasteiger charge is -2.04. The molecular weight excluding hydrogens is 244 g/mol. The van der Waals surface area contributed by atoms with E-state index in [1.165, 1.54) is 13.2 Å². The highest BCUT2D eigenvalue weighted by molar-refractivity contribution is 5.83. The van der Waals surface area contributed by atoms with Crippen molar-refractivity contribution in [2.75, 3.05) is 7.11 Å². The lowest BCUT2D eigenvalue weighted by atomic mass is 10.2. The third-order valence-electron chi connectivity index (χ3n) is 1.88. The number of benzene rings is 1. The van der Waals surface area contributed by atoms with E-state index < -0.39 is 22.3 Å². The molecule has 0 unspecified atom stereocenters. The maximum Gasteiger partial charge on any atom is 0.331 e. The van der Waals surface area contributed by atoms with Crippen LogP contribution in [0.15, 0.2) is 17.3 Å². The number of carbonyl (C=O) groups is 1. The van der Waals surface area contributed by atoms with E-state index in [1.54, 1.807) is 0 Å². The SMILES string of the molecule is COc1cc(/C=N\OC(C)=O)cc([N+](=O)[O-])c1O. The summed E-state index contributed by atoms with van der Waals surface area (Å²) in [5, 5.41) is 23.5. The summed E-state index contributed by atoms with van der Waals surface area (Å²) in [6.45, 7) is 1.16. The van der Waals surface area contributed by atoms with Crippen molar-refractivity contribution in [3.05, 3.63) is 27.8 Å². The quantitative estimate of drug-likeness (QED) is 0.374. The third kappa shape index (κ3) is 3.17. The van der Waals surface area contributed by atoms with Gasteiger partial charge in [-0.2, -0.15) is 0 Å². The molecule has 0 saturated heterocycles. The molecule has 8 nitrogen and oxygen atoms in total. The second kappa shape index (κ2) is 5.62. The van der Waals surface area contributed by atoms with E-state index in [0.717, 1.165) is 19.2 Å². The van der Waals surface area contributed by atoms with Gasteiger partial charge in [-0.15, -0.1) is 0 Å². The molecule has 0 fully saturated rings. The predicted molar refractivity (Wildman–Crippen MR) is 60.7 cm³/mol. The zero-order valence-electron chi connectivity index (χ0n) is 9.61. The lowest BCUT2D eigenvalue weighted by molar-refractivity contribution is -0.386. The van der Waals surface area contributed by atoms with Gasteiger partial charge in [0, 0.05) is 18.6 Å². The maximum absolute atomic E-state index is 10.7. The van der Waals surface area contributed by atoms with Crippen molar-refractivity contribution in [2.45, 2.75) is 6.92 Å². The van der Waals surface area contributed by atoms with Gasteiger partial charge >= 0.3 is 11.7 Å². The number of nitro benzene ring substituents is 1. The molecule has 0 heterocycles. The topological polar surface area (TPSA) is 111 Å². The Morgan fingerprint density at radius 3 is 2.72 bits per heavy atom. The Balaban J connectivity index is 3.13. The largest absolute Gasteiger partial charge is 0.500 e. The molecule has 0 aromatic heterocycles. The van der Waals surface area contributed by atoms with Crippen molar-refractivity contribution in [3.8, 4) is 11.5 Å². The summed E-state index contributed by atoms with van der Waals surface area (Å²) in [7, 11) is 1.26. The van der Waals surface area contributed by atoms with Crippen LogP contribution in [0.3, 0.4) is 0 Å². The highest BCUT2D eigenvalue weighted by atomic mass is 16.7. The van der Waals surface area contributed by atoms with Gasteiger partial charge in [0.2, 0.25) is 5.75 Å². The second-order valence-electron chi connectivity index (χ2n) is 3.17. The van der Waals surface area contributed by atoms with Gasteiger partial charge in [0.15, 0.2) is 5.75 Å². The van der Waals surface area contributed by atoms with Crippen LogP contribution < -0.4 is 4.74 Å². The Labute approximate surface area is 102 Å². The first-order valence-electron chi connectivity index (χ1n) is 4.72. The van der Waals surface area contributed by atoms with E-state index in [9.17, 15) is 20.0 Å². The normalized spacial score (nSPS) is 10.3. The first kappa shape index (κ1) is 13.4. The smallest absolute Gasteiger partial charge is 0.331 e. The number of oxime groups is 1. The van der Waals surface area contributed by atoms with Gasteiger partial charge in [-0.25, -0.2) is 4.79 Å². The summed E-state index contributed by atoms with van der Waals surface area (Å²) in [6.07, 6.45) is 1.09. The van der Waals surface area contributed by atoms with E-state index in [-0.39, 0.29) is 11.3 Å². The fraction of sp³-hybridized carbons (Fsp3) is 0.200. The number of nitrogens with zero attached hydrogens (tertiary/aromatic N) is 2. The van der Waals surface area contributed by atoms with Crippen molar-refractivity contribution < 1.29 is 24.4 Å². The molecule has 0 amide bonds. The Bertz CT molecular complexity index is 511. The molecule has 1 rings (SSSR count). The van der Waals surface area contributed by atoms with Crippen LogP contribution in [0.25, 0.3) is 0 Å². The van der Waals surface area contributed by atoms with Gasteiger partial charge in [0.05, 0.1) is 18.2 Å². The van der Waals surface area contributed by atoms with Crippen molar-refractivity contribution in [1.29, 1.82) is 0 Å². The predicted octanol–water partition coefficient (Wildman–Crippen LogP) is 1.21. The molecule has 1 aromatic carbocycles. The van der Waals surface area contributed by atoms with Gasteiger partial charge in [-0.3, -0.25) is 10.1 Å². The Morgan fingerprint density at radius 1 is 1.56 bits per heavy atom. The zero-order chi connectivity index (χ0) is 13.7. The number of hydrogen-bond donors (Lipinski definition) is 1. The second-order valence-corrected chi connectivity index (χ2v) is 3.17. The lowest BCUT2D eigenvalue weighted by Crippen LogP contribution is -1.96. The van der Waals surface area contributed by atoms with Crippen LogP contribution in [-0.2, 0) is 9.63 Å². The minimum atomic E-state index is -0.763. The molecule has 1 N–H and O–H groups in total. The fourth-order valence-corrected chi connectivity index (χ4v) is 1.14. The van der Waals surface area contributed by atoms with Crippen LogP contribution in [0.5, 0.6) is 11.5 Å². The number of nitro groups is 1. The monoisotopic (exact) mass is 254 g/mol. The number of carbonyl (C=O) groups excluding carboxylic acids is 1. The van der Waals surface area contributed by atoms with Crippen LogP contribution in [0.1, 0.15) is 12.5 Å². The number of aromatic hydroxyl groups is 1. The zero-order valence-corrected chi connectivity index (χ0v) is 9.61. The fourth-order valence-electron chi connectivity index (χ4n) is 1.14. The molecule has 0 aliphatic carbocycles. The van der Waals surface area contributed by atoms with Gasteiger partial charge in [-0.05, 0) is 6.07 Å². The Hall–Kier alpha value is -2.64. The summed E-state index contributed by atoms with van der Waals surface area (Å²) in [5.41, 5.74) is -0.281. The number of methoxy groups -OCH3 is 1. The first-order valence-corrected chi connectivity index (χ1v) is 4.72. The number of hydrogen-bond acceptors (Lipinski definition) is 7. The molecule has 96 valence electrons. The molecule has 0 radical (unpaired) electrons. The third-order valence-corrected chi connectivity index (χ3v) is 1.88. The molecule has 8 heteroatoms. The number of phenols is 1. The van der Waals surface area contributed by atoms with E-state index in [4.69, 9.17) is 4.74 Å². The molecular formula is C10H10N2O6. The highest BCUT2D eigenvalue weighted by Crippen LogP contribution is 2.36. The molecule has 0 bridgehead atoms. The summed E-state index contributed by atoms with van der Waals surface area (Å²) in [4.78, 5) is 24.7. The van der Waals surface area contributed by atoms with Gasteiger partial charge in [0.1, 0.15) is 0 Å². The first-order chi connectivity index (χ1) is 8.45. The van der Waals surface area contributed by atoms with Crippen LogP contribution in [-0.4, -0.2) is 29.3 Å². The van der Waals surface area contributed by atoms with Crippen LogP contribution in [0.2, 0.25) is 0 Å². The number of ether oxygens (including phenoxy) is 1. The van der Waals surface area contributed by atoms with Crippen LogP contribution in [0.4, 0.5) is 5.69 Å². The van der Waals surface area contributed by atoms with Crippen molar-refractivity contribution in [3.63, 3.8) is 0 Å². The van der Waals surface area contributed by atoms with Gasteiger partial charge in [-0.1, -0.05) is 5.16 Å². The summed E-state index contributed by atoms with van der Waals surface area (Å²) in [5.74, 6) is -1.27. The molecule has 1 aromatic rings. The minimum absolute atomic E-state index is 0.0755. The van der Waals surface area contributed by atoms with Crippen molar-refractivity contribution in [2.24, 2.45) is 5.16 Å². The summed E-state index contributed by atoms with van der Waals surface area (Å²) in [6, 6.07) is 2.39. The molecule has 18 heavy (non-hydrogen) atoms. The average molecular weight is 254 g/mol. The van der Waals surface area contributed by atoms with E-state index in [0.29, 0.717) is 0 Å². The summed E-state index contributed by atoms with van der Waals surface area (Å²) >= 11 is 0. The molecule has 0 saturated carbocycles. The maximum atomic E-state index is 10.7. The van der Waals surface area contributed by atoms with Gasteiger partial charge in [0.25, 0.3) is 0 Å². The van der Waals surface area contributed by atoms with Crippen LogP contribution in [0, 0.1) is 10.1 Å². The van der Waals surface area contributed by atoms with Crippen molar-refractivity contribution in [1.82, 2.24) is 0 Å². The van der Waals surface area contributed by atoms with E-state index >= 15 is 0 Å². The van der Waals surface area contributed by atoms with Crippen LogP contribution >= 0.6 is 0 Å². The molecule has 0 aliphatic heterocycles. The molecule has 0 atom stereocenters. The van der Waals surface area contributed by atoms with Crippen molar-refractivity contribution >= 4 is 17.9 Å². The molecule has 0 aliphatic rings.